The summed E-state index contributed by atoms with van der Waals surface area (Å²) < 4.78 is 0. The lowest BCUT2D eigenvalue weighted by molar-refractivity contribution is 0.0942. The number of hydrogen-bond acceptors (Lipinski definition) is 2. The lowest BCUT2D eigenvalue weighted by atomic mass is 9.94. The summed E-state index contributed by atoms with van der Waals surface area (Å²) in [6.07, 6.45) is 1.67. The van der Waals surface area contributed by atoms with Crippen LogP contribution in [-0.2, 0) is 0 Å². The lowest BCUT2D eigenvalue weighted by Gasteiger charge is -2.26. The number of rotatable bonds is 5. The van der Waals surface area contributed by atoms with Crippen molar-refractivity contribution in [2.45, 2.75) is 39.2 Å². The Kier molecular flexibility index (Phi) is 7.42. The number of carbonyl (C=O) groups is 1. The molecule has 3 nitrogen and oxygen atoms in total. The summed E-state index contributed by atoms with van der Waals surface area (Å²) in [5.74, 6) is -0.105. The van der Waals surface area contributed by atoms with E-state index in [1.54, 1.807) is 18.2 Å². The molecule has 0 aliphatic carbocycles. The van der Waals surface area contributed by atoms with Crippen molar-refractivity contribution >= 4 is 29.9 Å². The molecule has 0 unspecified atom stereocenters. The minimum Gasteiger partial charge on any atom is -0.350 e. The van der Waals surface area contributed by atoms with Gasteiger partial charge in [-0.15, -0.1) is 12.4 Å². The van der Waals surface area contributed by atoms with Crippen LogP contribution in [0.2, 0.25) is 5.02 Å². The van der Waals surface area contributed by atoms with E-state index >= 15 is 0 Å². The average Bonchev–Trinajstić information content (AvgIpc) is 2.38. The number of halogens is 2. The van der Waals surface area contributed by atoms with Crippen LogP contribution in [0.15, 0.2) is 18.2 Å². The molecule has 0 fully saturated rings. The highest BCUT2D eigenvalue weighted by molar-refractivity contribution is 6.31. The molecule has 3 N–H and O–H groups in total. The van der Waals surface area contributed by atoms with Gasteiger partial charge in [0.25, 0.3) is 5.91 Å². The molecule has 0 atom stereocenters. The number of nitrogens with one attached hydrogen (secondary N) is 1. The second-order valence-electron chi connectivity index (χ2n) is 4.72. The first-order valence-corrected chi connectivity index (χ1v) is 6.63. The third-order valence-corrected chi connectivity index (χ3v) is 3.85. The van der Waals surface area contributed by atoms with Crippen molar-refractivity contribution in [3.63, 3.8) is 0 Å². The van der Waals surface area contributed by atoms with E-state index in [1.165, 1.54) is 0 Å². The maximum atomic E-state index is 12.0. The maximum Gasteiger partial charge on any atom is 0.251 e. The SMILES string of the molecule is CCC(N)(CC)CNC(=O)c1ccc(Cl)c(C)c1.Cl. The second-order valence-corrected chi connectivity index (χ2v) is 5.12. The number of carbonyl (C=O) groups excluding carboxylic acids is 1. The zero-order valence-electron chi connectivity index (χ0n) is 11.6. The summed E-state index contributed by atoms with van der Waals surface area (Å²) in [6.45, 7) is 6.43. The van der Waals surface area contributed by atoms with Crippen LogP contribution in [0.3, 0.4) is 0 Å². The van der Waals surface area contributed by atoms with Crippen LogP contribution in [0.25, 0.3) is 0 Å². The van der Waals surface area contributed by atoms with Gasteiger partial charge < -0.3 is 11.1 Å². The highest BCUT2D eigenvalue weighted by Gasteiger charge is 2.21. The summed E-state index contributed by atoms with van der Waals surface area (Å²) >= 11 is 5.93. The summed E-state index contributed by atoms with van der Waals surface area (Å²) in [4.78, 5) is 12.0. The Morgan fingerprint density at radius 3 is 2.42 bits per heavy atom. The van der Waals surface area contributed by atoms with E-state index in [4.69, 9.17) is 17.3 Å². The molecule has 5 heteroatoms. The Morgan fingerprint density at radius 1 is 1.37 bits per heavy atom. The highest BCUT2D eigenvalue weighted by Crippen LogP contribution is 2.16. The molecule has 19 heavy (non-hydrogen) atoms. The summed E-state index contributed by atoms with van der Waals surface area (Å²) in [5.41, 5.74) is 7.33. The van der Waals surface area contributed by atoms with Crippen LogP contribution >= 0.6 is 24.0 Å². The summed E-state index contributed by atoms with van der Waals surface area (Å²) in [7, 11) is 0. The molecule has 0 spiro atoms. The van der Waals surface area contributed by atoms with Crippen molar-refractivity contribution in [3.05, 3.63) is 34.3 Å². The van der Waals surface area contributed by atoms with Crippen LogP contribution < -0.4 is 11.1 Å². The molecule has 1 aromatic rings. The highest BCUT2D eigenvalue weighted by atomic mass is 35.5. The largest absolute Gasteiger partial charge is 0.350 e. The molecular formula is C14H22Cl2N2O. The predicted octanol–water partition coefficient (Wildman–Crippen LogP) is 3.32. The van der Waals surface area contributed by atoms with Gasteiger partial charge in [0, 0.05) is 22.7 Å². The van der Waals surface area contributed by atoms with Gasteiger partial charge in [-0.2, -0.15) is 0 Å². The molecule has 1 aromatic carbocycles. The second kappa shape index (κ2) is 7.73. The van der Waals surface area contributed by atoms with Gasteiger partial charge in [0.1, 0.15) is 0 Å². The number of hydrogen-bond donors (Lipinski definition) is 2. The quantitative estimate of drug-likeness (QED) is 0.877. The number of amides is 1. The van der Waals surface area contributed by atoms with Crippen LogP contribution in [0.4, 0.5) is 0 Å². The molecule has 0 saturated carbocycles. The molecule has 0 heterocycles. The van der Waals surface area contributed by atoms with Crippen molar-refractivity contribution < 1.29 is 4.79 Å². The zero-order valence-corrected chi connectivity index (χ0v) is 13.2. The minimum atomic E-state index is -0.322. The molecule has 0 aromatic heterocycles. The molecule has 0 radical (unpaired) electrons. The number of benzene rings is 1. The van der Waals surface area contributed by atoms with Gasteiger partial charge >= 0.3 is 0 Å². The maximum absolute atomic E-state index is 12.0. The molecule has 0 saturated heterocycles. The van der Waals surface area contributed by atoms with Gasteiger partial charge in [0.2, 0.25) is 0 Å². The molecule has 0 aliphatic rings. The molecule has 1 amide bonds. The lowest BCUT2D eigenvalue weighted by Crippen LogP contribution is -2.49. The van der Waals surface area contributed by atoms with Crippen LogP contribution in [-0.4, -0.2) is 18.0 Å². The van der Waals surface area contributed by atoms with Gasteiger partial charge in [0.05, 0.1) is 0 Å². The normalized spacial score (nSPS) is 10.8. The van der Waals surface area contributed by atoms with E-state index in [9.17, 15) is 4.79 Å². The predicted molar refractivity (Wildman–Crippen MR) is 83.3 cm³/mol. The van der Waals surface area contributed by atoms with Crippen molar-refractivity contribution in [2.75, 3.05) is 6.54 Å². The monoisotopic (exact) mass is 304 g/mol. The van der Waals surface area contributed by atoms with Crippen molar-refractivity contribution in [1.82, 2.24) is 5.32 Å². The first-order valence-electron chi connectivity index (χ1n) is 6.25. The van der Waals surface area contributed by atoms with Gasteiger partial charge in [0.15, 0.2) is 0 Å². The smallest absolute Gasteiger partial charge is 0.251 e. The Balaban J connectivity index is 0.00000324. The van der Waals surface area contributed by atoms with E-state index in [0.717, 1.165) is 18.4 Å². The first-order chi connectivity index (χ1) is 8.41. The van der Waals surface area contributed by atoms with E-state index in [-0.39, 0.29) is 23.9 Å². The van der Waals surface area contributed by atoms with E-state index in [1.807, 2.05) is 20.8 Å². The molecule has 0 aliphatic heterocycles. The van der Waals surface area contributed by atoms with Crippen LogP contribution in [0, 0.1) is 6.92 Å². The Labute approximate surface area is 126 Å². The van der Waals surface area contributed by atoms with Crippen molar-refractivity contribution in [2.24, 2.45) is 5.73 Å². The Morgan fingerprint density at radius 2 is 1.95 bits per heavy atom. The fraction of sp³-hybridized carbons (Fsp3) is 0.500. The van der Waals surface area contributed by atoms with Crippen molar-refractivity contribution in [3.8, 4) is 0 Å². The van der Waals surface area contributed by atoms with Crippen LogP contribution in [0.1, 0.15) is 42.6 Å². The summed E-state index contributed by atoms with van der Waals surface area (Å²) in [6, 6.07) is 5.25. The molecule has 1 rings (SSSR count). The zero-order chi connectivity index (χ0) is 13.8. The standard InChI is InChI=1S/C14H21ClN2O.ClH/c1-4-14(16,5-2)9-17-13(18)11-6-7-12(15)10(3)8-11;/h6-8H,4-5,9,16H2,1-3H3,(H,17,18);1H. The Hall–Kier alpha value is -0.770. The third kappa shape index (κ3) is 5.01. The van der Waals surface area contributed by atoms with Crippen molar-refractivity contribution in [1.29, 1.82) is 0 Å². The topological polar surface area (TPSA) is 55.1 Å². The van der Waals surface area contributed by atoms with Gasteiger partial charge in [-0.1, -0.05) is 25.4 Å². The average molecular weight is 305 g/mol. The van der Waals surface area contributed by atoms with Gasteiger partial charge in [-0.05, 0) is 43.5 Å². The minimum absolute atomic E-state index is 0. The van der Waals surface area contributed by atoms with Gasteiger partial charge in [-0.25, -0.2) is 0 Å². The molecular weight excluding hydrogens is 283 g/mol. The fourth-order valence-electron chi connectivity index (χ4n) is 1.64. The first kappa shape index (κ1) is 18.2. The van der Waals surface area contributed by atoms with Gasteiger partial charge in [-0.3, -0.25) is 4.79 Å². The van der Waals surface area contributed by atoms with E-state index in [0.29, 0.717) is 17.1 Å². The number of nitrogens with two attached hydrogens (primary N) is 1. The fourth-order valence-corrected chi connectivity index (χ4v) is 1.76. The van der Waals surface area contributed by atoms with Crippen LogP contribution in [0.5, 0.6) is 0 Å². The van der Waals surface area contributed by atoms with E-state index in [2.05, 4.69) is 5.32 Å². The number of aryl methyl sites for hydroxylation is 1. The molecule has 108 valence electrons. The Bertz CT molecular complexity index is 431. The molecule has 0 bridgehead atoms. The summed E-state index contributed by atoms with van der Waals surface area (Å²) in [5, 5.41) is 3.55. The van der Waals surface area contributed by atoms with E-state index < -0.39 is 0 Å². The third-order valence-electron chi connectivity index (χ3n) is 3.43.